The van der Waals surface area contributed by atoms with E-state index in [1.807, 2.05) is 13.8 Å². The van der Waals surface area contributed by atoms with Crippen molar-refractivity contribution in [2.75, 3.05) is 6.54 Å². The van der Waals surface area contributed by atoms with E-state index in [0.717, 1.165) is 6.42 Å². The lowest BCUT2D eigenvalue weighted by Gasteiger charge is -2.29. The molecule has 4 nitrogen and oxygen atoms in total. The lowest BCUT2D eigenvalue weighted by atomic mass is 9.87. The van der Waals surface area contributed by atoms with E-state index in [2.05, 4.69) is 29.0 Å². The average Bonchev–Trinajstić information content (AvgIpc) is 2.30. The second kappa shape index (κ2) is 7.62. The van der Waals surface area contributed by atoms with Crippen molar-refractivity contribution in [2.24, 2.45) is 4.99 Å². The molecule has 0 radical (unpaired) electrons. The normalized spacial score (nSPS) is 16.0. The number of nitrogens with one attached hydrogen (secondary N) is 1. The molecule has 0 aromatic rings. The SMILES string of the molecule is C=C/C=N\C(C#N)C(C#N)(CCC)NCC. The Morgan fingerprint density at radius 3 is 2.56 bits per heavy atom. The monoisotopic (exact) mass is 218 g/mol. The number of nitriles is 2. The first-order chi connectivity index (χ1) is 7.70. The highest BCUT2D eigenvalue weighted by atomic mass is 15.0. The first-order valence-electron chi connectivity index (χ1n) is 5.40. The van der Waals surface area contributed by atoms with Gasteiger partial charge in [-0.1, -0.05) is 32.9 Å². The molecule has 0 fully saturated rings. The van der Waals surface area contributed by atoms with Crippen LogP contribution in [0.2, 0.25) is 0 Å². The van der Waals surface area contributed by atoms with Gasteiger partial charge in [0.25, 0.3) is 0 Å². The van der Waals surface area contributed by atoms with Gasteiger partial charge in [-0.05, 0) is 13.0 Å². The maximum Gasteiger partial charge on any atom is 0.167 e. The Morgan fingerprint density at radius 2 is 2.19 bits per heavy atom. The zero-order chi connectivity index (χ0) is 12.4. The van der Waals surface area contributed by atoms with Crippen molar-refractivity contribution in [1.82, 2.24) is 5.32 Å². The summed E-state index contributed by atoms with van der Waals surface area (Å²) in [6, 6.07) is 3.56. The summed E-state index contributed by atoms with van der Waals surface area (Å²) < 4.78 is 0. The molecule has 0 bridgehead atoms. The zero-order valence-corrected chi connectivity index (χ0v) is 9.90. The van der Waals surface area contributed by atoms with Crippen molar-refractivity contribution >= 4 is 6.21 Å². The molecular weight excluding hydrogens is 200 g/mol. The predicted molar refractivity (Wildman–Crippen MR) is 65.0 cm³/mol. The molecular formula is C12H18N4. The molecule has 0 aromatic carbocycles. The lowest BCUT2D eigenvalue weighted by Crippen LogP contribution is -2.52. The molecule has 16 heavy (non-hydrogen) atoms. The molecule has 0 saturated carbocycles. The summed E-state index contributed by atoms with van der Waals surface area (Å²) in [5, 5.41) is 21.4. The van der Waals surface area contributed by atoms with Gasteiger partial charge in [-0.2, -0.15) is 10.5 Å². The Kier molecular flexibility index (Phi) is 6.83. The van der Waals surface area contributed by atoms with Gasteiger partial charge >= 0.3 is 0 Å². The Labute approximate surface area is 97.3 Å². The molecule has 0 amide bonds. The molecule has 4 heteroatoms. The summed E-state index contributed by atoms with van der Waals surface area (Å²) in [5.74, 6) is 0. The van der Waals surface area contributed by atoms with Crippen LogP contribution in [-0.4, -0.2) is 24.3 Å². The van der Waals surface area contributed by atoms with Crippen LogP contribution in [0.5, 0.6) is 0 Å². The minimum atomic E-state index is -0.891. The second-order valence-corrected chi connectivity index (χ2v) is 3.43. The zero-order valence-electron chi connectivity index (χ0n) is 9.90. The maximum absolute atomic E-state index is 9.28. The molecule has 0 aromatic heterocycles. The van der Waals surface area contributed by atoms with Crippen molar-refractivity contribution in [3.8, 4) is 12.1 Å². The highest BCUT2D eigenvalue weighted by Gasteiger charge is 2.37. The van der Waals surface area contributed by atoms with Crippen LogP contribution in [0.1, 0.15) is 26.7 Å². The molecule has 0 aliphatic heterocycles. The smallest absolute Gasteiger partial charge is 0.167 e. The van der Waals surface area contributed by atoms with E-state index in [-0.39, 0.29) is 0 Å². The van der Waals surface area contributed by atoms with Gasteiger partial charge in [0, 0.05) is 6.21 Å². The van der Waals surface area contributed by atoms with Crippen LogP contribution < -0.4 is 5.32 Å². The molecule has 0 aliphatic carbocycles. The van der Waals surface area contributed by atoms with Crippen molar-refractivity contribution in [1.29, 1.82) is 10.5 Å². The van der Waals surface area contributed by atoms with E-state index in [9.17, 15) is 5.26 Å². The number of likely N-dealkylation sites (N-methyl/N-ethyl adjacent to an activating group) is 1. The largest absolute Gasteiger partial charge is 0.297 e. The topological polar surface area (TPSA) is 72.0 Å². The van der Waals surface area contributed by atoms with E-state index >= 15 is 0 Å². The van der Waals surface area contributed by atoms with Gasteiger partial charge in [0.2, 0.25) is 0 Å². The van der Waals surface area contributed by atoms with Crippen LogP contribution in [-0.2, 0) is 0 Å². The van der Waals surface area contributed by atoms with E-state index < -0.39 is 11.6 Å². The summed E-state index contributed by atoms with van der Waals surface area (Å²) >= 11 is 0. The van der Waals surface area contributed by atoms with Crippen molar-refractivity contribution in [2.45, 2.75) is 38.3 Å². The first-order valence-corrected chi connectivity index (χ1v) is 5.40. The Bertz CT molecular complexity index is 313. The average molecular weight is 218 g/mol. The van der Waals surface area contributed by atoms with Crippen LogP contribution in [0.15, 0.2) is 17.6 Å². The summed E-state index contributed by atoms with van der Waals surface area (Å²) in [6.07, 6.45) is 4.39. The Balaban J connectivity index is 5.11. The molecule has 0 spiro atoms. The van der Waals surface area contributed by atoms with Gasteiger partial charge in [0.05, 0.1) is 12.1 Å². The van der Waals surface area contributed by atoms with Gasteiger partial charge in [-0.15, -0.1) is 0 Å². The number of rotatable bonds is 7. The van der Waals surface area contributed by atoms with Crippen molar-refractivity contribution in [3.63, 3.8) is 0 Å². The van der Waals surface area contributed by atoms with Crippen LogP contribution in [0.4, 0.5) is 0 Å². The minimum Gasteiger partial charge on any atom is -0.297 e. The van der Waals surface area contributed by atoms with Crippen LogP contribution in [0, 0.1) is 22.7 Å². The third kappa shape index (κ3) is 3.49. The Morgan fingerprint density at radius 1 is 1.50 bits per heavy atom. The number of aliphatic imine (C=N–C) groups is 1. The molecule has 0 heterocycles. The third-order valence-corrected chi connectivity index (χ3v) is 2.27. The maximum atomic E-state index is 9.28. The second-order valence-electron chi connectivity index (χ2n) is 3.43. The Hall–Kier alpha value is -1.65. The molecule has 86 valence electrons. The molecule has 0 saturated heterocycles. The van der Waals surface area contributed by atoms with E-state index in [4.69, 9.17) is 5.26 Å². The summed E-state index contributed by atoms with van der Waals surface area (Å²) in [6.45, 7) is 8.03. The number of allylic oxidation sites excluding steroid dienone is 1. The van der Waals surface area contributed by atoms with Gasteiger partial charge in [0.1, 0.15) is 5.54 Å². The number of hydrogen-bond acceptors (Lipinski definition) is 4. The molecule has 2 atom stereocenters. The van der Waals surface area contributed by atoms with Crippen LogP contribution in [0.3, 0.4) is 0 Å². The van der Waals surface area contributed by atoms with E-state index in [1.54, 1.807) is 0 Å². The predicted octanol–water partition coefficient (Wildman–Crippen LogP) is 1.81. The number of hydrogen-bond donors (Lipinski definition) is 1. The highest BCUT2D eigenvalue weighted by molar-refractivity contribution is 5.70. The summed E-state index contributed by atoms with van der Waals surface area (Å²) in [5.41, 5.74) is -0.891. The lowest BCUT2D eigenvalue weighted by molar-refractivity contribution is 0.362. The van der Waals surface area contributed by atoms with Gasteiger partial charge in [0.15, 0.2) is 6.04 Å². The van der Waals surface area contributed by atoms with Gasteiger partial charge in [-0.3, -0.25) is 10.3 Å². The van der Waals surface area contributed by atoms with Crippen molar-refractivity contribution < 1.29 is 0 Å². The molecule has 0 aliphatic rings. The first kappa shape index (κ1) is 14.3. The fraction of sp³-hybridized carbons (Fsp3) is 0.583. The van der Waals surface area contributed by atoms with Gasteiger partial charge < -0.3 is 0 Å². The highest BCUT2D eigenvalue weighted by Crippen LogP contribution is 2.19. The van der Waals surface area contributed by atoms with Crippen LogP contribution >= 0.6 is 0 Å². The summed E-state index contributed by atoms with van der Waals surface area (Å²) in [4.78, 5) is 4.05. The fourth-order valence-electron chi connectivity index (χ4n) is 1.61. The summed E-state index contributed by atoms with van der Waals surface area (Å²) in [7, 11) is 0. The van der Waals surface area contributed by atoms with Crippen molar-refractivity contribution in [3.05, 3.63) is 12.7 Å². The molecule has 0 rings (SSSR count). The van der Waals surface area contributed by atoms with E-state index in [0.29, 0.717) is 13.0 Å². The fourth-order valence-corrected chi connectivity index (χ4v) is 1.61. The van der Waals surface area contributed by atoms with Gasteiger partial charge in [-0.25, -0.2) is 0 Å². The van der Waals surface area contributed by atoms with E-state index in [1.165, 1.54) is 12.3 Å². The molecule has 1 N–H and O–H groups in total. The molecule has 2 unspecified atom stereocenters. The standard InChI is InChI=1S/C12H18N4/c1-4-7-12(10-14,16-6-3)11(9-13)15-8-5-2/h5,8,11,16H,2,4,6-7H2,1,3H3/b15-8-. The van der Waals surface area contributed by atoms with Crippen LogP contribution in [0.25, 0.3) is 0 Å². The minimum absolute atomic E-state index is 0.601. The third-order valence-electron chi connectivity index (χ3n) is 2.27. The number of nitrogens with zero attached hydrogens (tertiary/aromatic N) is 3. The quantitative estimate of drug-likeness (QED) is 0.662.